The van der Waals surface area contributed by atoms with Crippen molar-refractivity contribution < 1.29 is 45.1 Å². The zero-order valence-electron chi connectivity index (χ0n) is 1.52. The van der Waals surface area contributed by atoms with Gasteiger partial charge in [-0.25, -0.2) is 0 Å². The van der Waals surface area contributed by atoms with Gasteiger partial charge in [-0.15, -0.1) is 0 Å². The summed E-state index contributed by atoms with van der Waals surface area (Å²) in [5.41, 5.74) is 0. The van der Waals surface area contributed by atoms with Crippen LogP contribution in [0.2, 0.25) is 0 Å². The zero-order chi connectivity index (χ0) is 0. The molecular formula is Fe2O2-. The van der Waals surface area contributed by atoms with E-state index in [9.17, 15) is 0 Å². The summed E-state index contributed by atoms with van der Waals surface area (Å²) in [6, 6.07) is 0. The Balaban J connectivity index is 0. The van der Waals surface area contributed by atoms with E-state index in [2.05, 4.69) is 0 Å². The molecule has 0 aliphatic heterocycles. The Morgan fingerprint density at radius 2 is 0.750 bits per heavy atom. The van der Waals surface area contributed by atoms with E-state index >= 15 is 0 Å². The van der Waals surface area contributed by atoms with Crippen molar-refractivity contribution in [2.45, 2.75) is 0 Å². The Bertz CT molecular complexity index is 4.00. The minimum atomic E-state index is 0. The molecule has 0 saturated carbocycles. The summed E-state index contributed by atoms with van der Waals surface area (Å²) in [6.45, 7) is 0. The minimum absolute atomic E-state index is 0. The molecule has 0 fully saturated rings. The van der Waals surface area contributed by atoms with Crippen molar-refractivity contribution in [3.05, 3.63) is 0 Å². The second-order valence-electron chi connectivity index (χ2n) is 0. The zero-order valence-corrected chi connectivity index (χ0v) is 3.73. The van der Waals surface area contributed by atoms with Gasteiger partial charge in [-0.1, -0.05) is 0 Å². The van der Waals surface area contributed by atoms with Crippen molar-refractivity contribution in [1.82, 2.24) is 0 Å². The minimum Gasteiger partial charge on any atom is -2.00 e. The first kappa shape index (κ1) is 84.5. The Morgan fingerprint density at radius 3 is 0.750 bits per heavy atom. The second kappa shape index (κ2) is 37.7. The van der Waals surface area contributed by atoms with E-state index < -0.39 is 0 Å². The van der Waals surface area contributed by atoms with Crippen LogP contribution < -0.4 is 0 Å². The van der Waals surface area contributed by atoms with Crippen LogP contribution in [0.1, 0.15) is 0 Å². The molecule has 0 atom stereocenters. The maximum atomic E-state index is 0. The van der Waals surface area contributed by atoms with Gasteiger partial charge in [-0.05, 0) is 0 Å². The predicted octanol–water partition coefficient (Wildman–Crippen LogP) is -0.243. The average molecular weight is 144 g/mol. The van der Waals surface area contributed by atoms with Crippen LogP contribution in [0.4, 0.5) is 0 Å². The molecule has 0 saturated heterocycles. The number of rotatable bonds is 0. The predicted molar refractivity (Wildman–Crippen MR) is 1.37 cm³/mol. The van der Waals surface area contributed by atoms with Gasteiger partial charge in [0, 0.05) is 17.1 Å². The van der Waals surface area contributed by atoms with Crippen LogP contribution >= 0.6 is 0 Å². The third kappa shape index (κ3) is 12.3. The molecule has 29 valence electrons. The molecule has 4 heteroatoms. The summed E-state index contributed by atoms with van der Waals surface area (Å²) >= 11 is 0. The molecule has 0 aliphatic carbocycles. The smallest absolute Gasteiger partial charge is 2.00 e. The van der Waals surface area contributed by atoms with Crippen LogP contribution in [0, 0.1) is 0 Å². The molecule has 0 rings (SSSR count). The molecule has 0 aromatic heterocycles. The van der Waals surface area contributed by atoms with E-state index in [0.717, 1.165) is 0 Å². The maximum absolute atomic E-state index is 0. The molecule has 0 aromatic rings. The van der Waals surface area contributed by atoms with Gasteiger partial charge in [0.15, 0.2) is 0 Å². The standard InChI is InChI=1S/2Fe.2O/q;+3;2*-2. The molecule has 1 radical (unpaired) electrons. The number of hydrogen-bond acceptors (Lipinski definition) is 0. The third-order valence-corrected chi connectivity index (χ3v) is 0. The van der Waals surface area contributed by atoms with Crippen LogP contribution in [-0.2, 0) is 45.1 Å². The molecule has 0 spiro atoms. The summed E-state index contributed by atoms with van der Waals surface area (Å²) in [5.74, 6) is 0. The van der Waals surface area contributed by atoms with Crippen molar-refractivity contribution in [1.29, 1.82) is 0 Å². The molecule has 0 aliphatic rings. The molecule has 2 nitrogen and oxygen atoms in total. The van der Waals surface area contributed by atoms with Gasteiger partial charge < -0.3 is 11.0 Å². The Kier molecular flexibility index (Phi) is 796. The molecule has 0 amide bonds. The van der Waals surface area contributed by atoms with Crippen LogP contribution in [-0.4, -0.2) is 0 Å². The maximum Gasteiger partial charge on any atom is 3.00 e. The first-order chi connectivity index (χ1) is 0. The molecule has 0 bridgehead atoms. The van der Waals surface area contributed by atoms with E-state index in [1.165, 1.54) is 0 Å². The van der Waals surface area contributed by atoms with Crippen molar-refractivity contribution in [2.24, 2.45) is 0 Å². The van der Waals surface area contributed by atoms with E-state index in [1.54, 1.807) is 0 Å². The first-order valence-corrected chi connectivity index (χ1v) is 0. The van der Waals surface area contributed by atoms with Gasteiger partial charge in [-0.3, -0.25) is 0 Å². The number of hydrogen-bond donors (Lipinski definition) is 0. The molecule has 4 heavy (non-hydrogen) atoms. The summed E-state index contributed by atoms with van der Waals surface area (Å²) in [4.78, 5) is 0. The van der Waals surface area contributed by atoms with Gasteiger partial charge in [0.05, 0.1) is 0 Å². The van der Waals surface area contributed by atoms with Gasteiger partial charge in [0.2, 0.25) is 0 Å². The molecule has 0 N–H and O–H groups in total. The van der Waals surface area contributed by atoms with E-state index in [1.807, 2.05) is 0 Å². The quantitative estimate of drug-likeness (QED) is 0.421. The summed E-state index contributed by atoms with van der Waals surface area (Å²) in [6.07, 6.45) is 0. The summed E-state index contributed by atoms with van der Waals surface area (Å²) < 4.78 is 0. The second-order valence-corrected chi connectivity index (χ2v) is 0. The Hall–Kier alpha value is 0.959. The van der Waals surface area contributed by atoms with Crippen LogP contribution in [0.3, 0.4) is 0 Å². The topological polar surface area (TPSA) is 57.0 Å². The third-order valence-electron chi connectivity index (χ3n) is 0. The average Bonchev–Trinajstić information content (AvgIpc) is 0. The molecule has 0 unspecified atom stereocenters. The fraction of sp³-hybridized carbons (Fsp3) is 0. The van der Waals surface area contributed by atoms with Crippen LogP contribution in [0.5, 0.6) is 0 Å². The van der Waals surface area contributed by atoms with Crippen molar-refractivity contribution in [3.63, 3.8) is 0 Å². The van der Waals surface area contributed by atoms with Crippen molar-refractivity contribution >= 4 is 0 Å². The molecule has 0 aromatic carbocycles. The largest absolute Gasteiger partial charge is 3.00 e. The van der Waals surface area contributed by atoms with Crippen LogP contribution in [0.25, 0.3) is 0 Å². The normalized spacial score (nSPS) is 0. The Labute approximate surface area is 45.5 Å². The van der Waals surface area contributed by atoms with Gasteiger partial charge in [-0.2, -0.15) is 0 Å². The van der Waals surface area contributed by atoms with Crippen molar-refractivity contribution in [2.75, 3.05) is 0 Å². The van der Waals surface area contributed by atoms with Crippen molar-refractivity contribution in [3.8, 4) is 0 Å². The molecular weight excluding hydrogens is 144 g/mol. The van der Waals surface area contributed by atoms with Crippen LogP contribution in [0.15, 0.2) is 0 Å². The van der Waals surface area contributed by atoms with Gasteiger partial charge in [0.25, 0.3) is 0 Å². The molecule has 0 heterocycles. The fourth-order valence-corrected chi connectivity index (χ4v) is 0. The van der Waals surface area contributed by atoms with E-state index in [4.69, 9.17) is 0 Å². The van der Waals surface area contributed by atoms with Gasteiger partial charge in [0.1, 0.15) is 0 Å². The SMILES string of the molecule is [Fe+3].[Fe].[O-2].[O-2]. The fourth-order valence-electron chi connectivity index (χ4n) is 0. The van der Waals surface area contributed by atoms with Gasteiger partial charge >= 0.3 is 17.1 Å². The monoisotopic (exact) mass is 144 g/mol. The van der Waals surface area contributed by atoms with E-state index in [0.29, 0.717) is 0 Å². The first-order valence-electron chi connectivity index (χ1n) is 0. The summed E-state index contributed by atoms with van der Waals surface area (Å²) in [5, 5.41) is 0. The Morgan fingerprint density at radius 1 is 0.750 bits per heavy atom. The van der Waals surface area contributed by atoms with E-state index in [-0.39, 0.29) is 45.1 Å². The summed E-state index contributed by atoms with van der Waals surface area (Å²) in [7, 11) is 0.